The van der Waals surface area contributed by atoms with Gasteiger partial charge >= 0.3 is 11.4 Å². The van der Waals surface area contributed by atoms with Crippen molar-refractivity contribution in [1.29, 1.82) is 0 Å². The van der Waals surface area contributed by atoms with Crippen LogP contribution < -0.4 is 16.1 Å². The van der Waals surface area contributed by atoms with Gasteiger partial charge in [-0.05, 0) is 50.1 Å². The van der Waals surface area contributed by atoms with Crippen molar-refractivity contribution in [2.24, 2.45) is 0 Å². The highest BCUT2D eigenvalue weighted by atomic mass is 35.5. The van der Waals surface area contributed by atoms with Crippen molar-refractivity contribution >= 4 is 22.5 Å². The van der Waals surface area contributed by atoms with E-state index in [0.717, 1.165) is 18.6 Å². The molecule has 0 radical (unpaired) electrons. The maximum atomic E-state index is 12.0. The normalized spacial score (nSPS) is 11.0. The van der Waals surface area contributed by atoms with E-state index in [9.17, 15) is 9.59 Å². The van der Waals surface area contributed by atoms with Crippen LogP contribution in [0.15, 0.2) is 56.5 Å². The number of fused-ring (bicyclic) bond motifs is 1. The van der Waals surface area contributed by atoms with Crippen molar-refractivity contribution in [3.63, 3.8) is 0 Å². The molecule has 1 aromatic heterocycles. The van der Waals surface area contributed by atoms with Gasteiger partial charge in [-0.3, -0.25) is 4.57 Å². The molecule has 3 aromatic rings. The van der Waals surface area contributed by atoms with Gasteiger partial charge < -0.3 is 9.15 Å². The number of ether oxygens (including phenoxy) is 1. The number of benzene rings is 2. The molecule has 3 rings (SSSR count). The maximum absolute atomic E-state index is 12.0. The van der Waals surface area contributed by atoms with Crippen molar-refractivity contribution < 1.29 is 9.15 Å². The lowest BCUT2D eigenvalue weighted by atomic mass is 10.2. The van der Waals surface area contributed by atoms with Crippen LogP contribution in [0, 0.1) is 6.92 Å². The topological polar surface area (TPSA) is 61.4 Å². The van der Waals surface area contributed by atoms with Gasteiger partial charge in [-0.15, -0.1) is 0 Å². The summed E-state index contributed by atoms with van der Waals surface area (Å²) in [7, 11) is 0. The van der Waals surface area contributed by atoms with E-state index in [1.54, 1.807) is 12.1 Å². The minimum atomic E-state index is -0.665. The molecule has 0 spiro atoms. The van der Waals surface area contributed by atoms with E-state index in [2.05, 4.69) is 0 Å². The molecule has 130 valence electrons. The predicted molar refractivity (Wildman–Crippen MR) is 97.7 cm³/mol. The summed E-state index contributed by atoms with van der Waals surface area (Å²) in [6.07, 6.45) is 1.49. The van der Waals surface area contributed by atoms with Crippen LogP contribution in [0.3, 0.4) is 0 Å². The average Bonchev–Trinajstić information content (AvgIpc) is 2.59. The van der Waals surface area contributed by atoms with Gasteiger partial charge in [-0.25, -0.2) is 9.59 Å². The number of halogens is 1. The highest BCUT2D eigenvalue weighted by molar-refractivity contribution is 6.31. The summed E-state index contributed by atoms with van der Waals surface area (Å²) < 4.78 is 11.9. The fourth-order valence-corrected chi connectivity index (χ4v) is 2.78. The maximum Gasteiger partial charge on any atom is 0.422 e. The second kappa shape index (κ2) is 7.57. The summed E-state index contributed by atoms with van der Waals surface area (Å²) in [4.78, 5) is 23.8. The molecule has 0 amide bonds. The summed E-state index contributed by atoms with van der Waals surface area (Å²) in [5.41, 5.74) is 1.05. The van der Waals surface area contributed by atoms with Crippen molar-refractivity contribution in [3.8, 4) is 5.75 Å². The zero-order chi connectivity index (χ0) is 17.8. The summed E-state index contributed by atoms with van der Waals surface area (Å²) in [6, 6.07) is 12.7. The molecule has 0 aliphatic carbocycles. The third-order valence-electron chi connectivity index (χ3n) is 3.94. The van der Waals surface area contributed by atoms with Crippen molar-refractivity contribution in [1.82, 2.24) is 4.57 Å². The van der Waals surface area contributed by atoms with E-state index in [1.807, 2.05) is 31.2 Å². The standard InChI is InChI=1S/C19H18ClNO4/c1-13-4-7-15(8-5-13)24-11-3-2-10-21-17-9-6-14(20)12-16(17)18(22)25-19(21)23/h4-9,12H,2-3,10-11H2,1H3. The lowest BCUT2D eigenvalue weighted by Gasteiger charge is -2.09. The fourth-order valence-electron chi connectivity index (χ4n) is 2.60. The van der Waals surface area contributed by atoms with Crippen molar-refractivity contribution in [2.75, 3.05) is 6.61 Å². The molecule has 0 saturated heterocycles. The second-order valence-electron chi connectivity index (χ2n) is 5.84. The van der Waals surface area contributed by atoms with Crippen LogP contribution in [-0.2, 0) is 6.54 Å². The monoisotopic (exact) mass is 359 g/mol. The Morgan fingerprint density at radius 2 is 1.84 bits per heavy atom. The summed E-state index contributed by atoms with van der Waals surface area (Å²) in [6.45, 7) is 3.02. The van der Waals surface area contributed by atoms with Gasteiger partial charge in [0.1, 0.15) is 5.75 Å². The van der Waals surface area contributed by atoms with Gasteiger partial charge in [-0.2, -0.15) is 0 Å². The summed E-state index contributed by atoms with van der Waals surface area (Å²) in [5, 5.41) is 0.736. The molecule has 0 saturated carbocycles. The summed E-state index contributed by atoms with van der Waals surface area (Å²) in [5.74, 6) is 0.174. The second-order valence-corrected chi connectivity index (χ2v) is 6.27. The van der Waals surface area contributed by atoms with Crippen LogP contribution >= 0.6 is 11.6 Å². The Labute approximate surface area is 149 Å². The van der Waals surface area contributed by atoms with E-state index in [1.165, 1.54) is 16.2 Å². The van der Waals surface area contributed by atoms with E-state index in [4.69, 9.17) is 20.8 Å². The molecule has 5 nitrogen and oxygen atoms in total. The Morgan fingerprint density at radius 1 is 1.08 bits per heavy atom. The first kappa shape index (κ1) is 17.3. The van der Waals surface area contributed by atoms with Crippen molar-refractivity contribution in [3.05, 3.63) is 74.0 Å². The Morgan fingerprint density at radius 3 is 2.60 bits per heavy atom. The zero-order valence-corrected chi connectivity index (χ0v) is 14.6. The summed E-state index contributed by atoms with van der Waals surface area (Å²) >= 11 is 5.91. The van der Waals surface area contributed by atoms with E-state index in [-0.39, 0.29) is 0 Å². The van der Waals surface area contributed by atoms with Crippen LogP contribution in [0.4, 0.5) is 0 Å². The molecule has 1 heterocycles. The highest BCUT2D eigenvalue weighted by Gasteiger charge is 2.09. The first-order valence-corrected chi connectivity index (χ1v) is 8.45. The van der Waals surface area contributed by atoms with Crippen LogP contribution in [0.2, 0.25) is 5.02 Å². The Kier molecular flexibility index (Phi) is 5.24. The molecule has 0 unspecified atom stereocenters. The molecule has 0 atom stereocenters. The number of aryl methyl sites for hydroxylation is 2. The number of hydrogen-bond acceptors (Lipinski definition) is 4. The third-order valence-corrected chi connectivity index (χ3v) is 4.17. The van der Waals surface area contributed by atoms with Crippen LogP contribution in [0.1, 0.15) is 18.4 Å². The van der Waals surface area contributed by atoms with Crippen molar-refractivity contribution in [2.45, 2.75) is 26.3 Å². The van der Waals surface area contributed by atoms with Gasteiger partial charge in [-0.1, -0.05) is 29.3 Å². The Balaban J connectivity index is 1.64. The lowest BCUT2D eigenvalue weighted by molar-refractivity contribution is 0.301. The number of rotatable bonds is 6. The number of hydrogen-bond donors (Lipinski definition) is 0. The molecule has 6 heteroatoms. The van der Waals surface area contributed by atoms with Gasteiger partial charge in [0.25, 0.3) is 0 Å². The van der Waals surface area contributed by atoms with Crippen LogP contribution in [-0.4, -0.2) is 11.2 Å². The first-order valence-electron chi connectivity index (χ1n) is 8.07. The van der Waals surface area contributed by atoms with E-state index in [0.29, 0.717) is 29.1 Å². The van der Waals surface area contributed by atoms with Gasteiger partial charge in [0, 0.05) is 11.6 Å². The molecule has 0 aliphatic heterocycles. The number of unbranched alkanes of at least 4 members (excludes halogenated alkanes) is 1. The van der Waals surface area contributed by atoms with E-state index < -0.39 is 11.4 Å². The molecule has 0 bridgehead atoms. The van der Waals surface area contributed by atoms with Crippen LogP contribution in [0.5, 0.6) is 5.75 Å². The third kappa shape index (κ3) is 4.12. The average molecular weight is 360 g/mol. The quantitative estimate of drug-likeness (QED) is 0.628. The molecule has 0 N–H and O–H groups in total. The highest BCUT2D eigenvalue weighted by Crippen LogP contribution is 2.16. The molecular formula is C19H18ClNO4. The number of nitrogens with zero attached hydrogens (tertiary/aromatic N) is 1. The smallest absolute Gasteiger partial charge is 0.422 e. The molecule has 2 aromatic carbocycles. The SMILES string of the molecule is Cc1ccc(OCCCCn2c(=O)oc(=O)c3cc(Cl)ccc32)cc1. The van der Waals surface area contributed by atoms with Gasteiger partial charge in [0.2, 0.25) is 0 Å². The minimum absolute atomic E-state index is 0.308. The lowest BCUT2D eigenvalue weighted by Crippen LogP contribution is -2.25. The largest absolute Gasteiger partial charge is 0.494 e. The van der Waals surface area contributed by atoms with Gasteiger partial charge in [0.15, 0.2) is 0 Å². The van der Waals surface area contributed by atoms with Gasteiger partial charge in [0.05, 0.1) is 17.5 Å². The molecular weight excluding hydrogens is 342 g/mol. The molecule has 25 heavy (non-hydrogen) atoms. The predicted octanol–water partition coefficient (Wildman–Crippen LogP) is 3.78. The Bertz CT molecular complexity index is 989. The minimum Gasteiger partial charge on any atom is -0.494 e. The fraction of sp³-hybridized carbons (Fsp3) is 0.263. The Hall–Kier alpha value is -2.53. The number of aromatic nitrogens is 1. The molecule has 0 aliphatic rings. The zero-order valence-electron chi connectivity index (χ0n) is 13.8. The van der Waals surface area contributed by atoms with E-state index >= 15 is 0 Å². The first-order chi connectivity index (χ1) is 12.0. The van der Waals surface area contributed by atoms with Crippen LogP contribution in [0.25, 0.3) is 10.9 Å². The molecule has 0 fully saturated rings.